The number of hydrogen-bond acceptors (Lipinski definition) is 8. The summed E-state index contributed by atoms with van der Waals surface area (Å²) in [5.74, 6) is 0.287. The molecule has 4 atom stereocenters. The zero-order valence-corrected chi connectivity index (χ0v) is 30.0. The number of ether oxygens (including phenoxy) is 3. The SMILES string of the molecule is CSC(C)(C)[C@H](NC(=O)OC(C)(C)C)C(=O)NC1([C@H](C)CN(CC(C)C)S(=O)(=O)c2ccc3c(c2)OCO3)C[C@@H]1c1ccccc1. The Morgan fingerprint density at radius 2 is 1.67 bits per heavy atom. The molecule has 1 aliphatic heterocycles. The lowest BCUT2D eigenvalue weighted by Crippen LogP contribution is -2.60. The minimum Gasteiger partial charge on any atom is -0.454 e. The van der Waals surface area contributed by atoms with E-state index in [0.717, 1.165) is 5.56 Å². The topological polar surface area (TPSA) is 123 Å². The summed E-state index contributed by atoms with van der Waals surface area (Å²) in [6, 6.07) is 13.7. The van der Waals surface area contributed by atoms with Crippen molar-refractivity contribution in [1.82, 2.24) is 14.9 Å². The number of hydrogen-bond donors (Lipinski definition) is 2. The zero-order valence-electron chi connectivity index (χ0n) is 28.4. The van der Waals surface area contributed by atoms with Crippen LogP contribution in [0.3, 0.4) is 0 Å². The number of nitrogens with zero attached hydrogens (tertiary/aromatic N) is 1. The molecule has 1 fully saturated rings. The van der Waals surface area contributed by atoms with E-state index in [1.54, 1.807) is 32.9 Å². The molecule has 12 heteroatoms. The fourth-order valence-corrected chi connectivity index (χ4v) is 8.03. The highest BCUT2D eigenvalue weighted by atomic mass is 32.2. The highest BCUT2D eigenvalue weighted by Crippen LogP contribution is 2.56. The van der Waals surface area contributed by atoms with Gasteiger partial charge in [-0.05, 0) is 76.8 Å². The largest absolute Gasteiger partial charge is 0.454 e. The monoisotopic (exact) mass is 675 g/mol. The van der Waals surface area contributed by atoms with Crippen molar-refractivity contribution in [1.29, 1.82) is 0 Å². The maximum Gasteiger partial charge on any atom is 0.408 e. The number of nitrogens with one attached hydrogen (secondary N) is 2. The van der Waals surface area contributed by atoms with Crippen molar-refractivity contribution in [3.05, 3.63) is 54.1 Å². The van der Waals surface area contributed by atoms with Gasteiger partial charge in [0.2, 0.25) is 22.7 Å². The van der Waals surface area contributed by atoms with Crippen LogP contribution in [-0.2, 0) is 19.6 Å². The molecule has 0 saturated heterocycles. The maximum atomic E-state index is 14.2. The van der Waals surface area contributed by atoms with E-state index in [4.69, 9.17) is 14.2 Å². The lowest BCUT2D eigenvalue weighted by molar-refractivity contribution is -0.125. The fraction of sp³-hybridized carbons (Fsp3) is 0.588. The molecule has 2 aromatic carbocycles. The molecule has 254 valence electrons. The first-order valence-corrected chi connectivity index (χ1v) is 18.4. The molecule has 0 bridgehead atoms. The maximum absolute atomic E-state index is 14.2. The quantitative estimate of drug-likeness (QED) is 0.274. The molecule has 1 saturated carbocycles. The predicted octanol–water partition coefficient (Wildman–Crippen LogP) is 5.78. The van der Waals surface area contributed by atoms with Crippen LogP contribution in [0.5, 0.6) is 11.5 Å². The smallest absolute Gasteiger partial charge is 0.408 e. The minimum absolute atomic E-state index is 0.0404. The standard InChI is InChI=1S/C34H49N3O7S2/c1-22(2)19-37(46(40,41)25-15-16-27-28(17-25)43-21-42-27)20-23(3)34(18-26(34)24-13-11-10-12-14-24)36-30(38)29(33(7,8)45-9)35-31(39)44-32(4,5)6/h10-17,22-23,26,29H,18-21H2,1-9H3,(H,35,39)(H,36,38)/t23-,26-,29-,34?/m1/s1. The van der Waals surface area contributed by atoms with Crippen LogP contribution in [0.1, 0.15) is 73.3 Å². The van der Waals surface area contributed by atoms with E-state index < -0.39 is 38.0 Å². The number of carbonyl (C=O) groups excluding carboxylic acids is 2. The Labute approximate surface area is 278 Å². The summed E-state index contributed by atoms with van der Waals surface area (Å²) in [6.45, 7) is 15.6. The Bertz CT molecular complexity index is 1510. The van der Waals surface area contributed by atoms with Crippen molar-refractivity contribution in [3.8, 4) is 11.5 Å². The summed E-state index contributed by atoms with van der Waals surface area (Å²) in [5.41, 5.74) is -0.423. The third kappa shape index (κ3) is 8.12. The molecular weight excluding hydrogens is 627 g/mol. The van der Waals surface area contributed by atoms with Gasteiger partial charge in [-0.25, -0.2) is 13.2 Å². The number of thioether (sulfide) groups is 1. The Morgan fingerprint density at radius 1 is 1.02 bits per heavy atom. The van der Waals surface area contributed by atoms with Crippen molar-refractivity contribution < 1.29 is 32.2 Å². The second-order valence-corrected chi connectivity index (χ2v) is 17.6. The summed E-state index contributed by atoms with van der Waals surface area (Å²) in [4.78, 5) is 27.2. The molecule has 1 unspecified atom stereocenters. The Kier molecular flexibility index (Phi) is 10.6. The first-order chi connectivity index (χ1) is 21.4. The lowest BCUT2D eigenvalue weighted by atomic mass is 9.92. The molecule has 2 N–H and O–H groups in total. The number of amides is 2. The number of benzene rings is 2. The van der Waals surface area contributed by atoms with Gasteiger partial charge in [-0.2, -0.15) is 16.1 Å². The van der Waals surface area contributed by atoms with Gasteiger partial charge >= 0.3 is 6.09 Å². The molecule has 2 amide bonds. The van der Waals surface area contributed by atoms with Crippen molar-refractivity contribution in [2.24, 2.45) is 11.8 Å². The second-order valence-electron chi connectivity index (χ2n) is 14.2. The fourth-order valence-electron chi connectivity index (χ4n) is 5.92. The summed E-state index contributed by atoms with van der Waals surface area (Å²) in [5, 5.41) is 6.15. The van der Waals surface area contributed by atoms with Crippen LogP contribution in [-0.4, -0.2) is 72.8 Å². The molecule has 0 spiro atoms. The molecule has 1 aliphatic carbocycles. The van der Waals surface area contributed by atoms with Gasteiger partial charge in [0.15, 0.2) is 11.5 Å². The molecule has 10 nitrogen and oxygen atoms in total. The predicted molar refractivity (Wildman–Crippen MR) is 181 cm³/mol. The molecular formula is C34H49N3O7S2. The number of rotatable bonds is 13. The highest BCUT2D eigenvalue weighted by molar-refractivity contribution is 8.00. The molecule has 0 radical (unpaired) electrons. The average Bonchev–Trinajstić information content (AvgIpc) is 3.50. The molecule has 4 rings (SSSR count). The van der Waals surface area contributed by atoms with E-state index >= 15 is 0 Å². The van der Waals surface area contributed by atoms with E-state index in [1.165, 1.54) is 22.1 Å². The van der Waals surface area contributed by atoms with Gasteiger partial charge in [0.1, 0.15) is 11.6 Å². The minimum atomic E-state index is -3.92. The van der Waals surface area contributed by atoms with Crippen LogP contribution < -0.4 is 20.1 Å². The Morgan fingerprint density at radius 3 is 2.28 bits per heavy atom. The normalized spacial score (nSPS) is 20.7. The van der Waals surface area contributed by atoms with Crippen LogP contribution in [0, 0.1) is 11.8 Å². The van der Waals surface area contributed by atoms with Gasteiger partial charge in [0, 0.05) is 29.8 Å². The van der Waals surface area contributed by atoms with Crippen molar-refractivity contribution in [3.63, 3.8) is 0 Å². The number of alkyl carbamates (subject to hydrolysis) is 1. The summed E-state index contributed by atoms with van der Waals surface area (Å²) < 4.78 is 45.4. The van der Waals surface area contributed by atoms with E-state index in [9.17, 15) is 18.0 Å². The van der Waals surface area contributed by atoms with E-state index in [2.05, 4.69) is 10.6 Å². The number of fused-ring (bicyclic) bond motifs is 1. The van der Waals surface area contributed by atoms with Gasteiger partial charge < -0.3 is 24.8 Å². The summed E-state index contributed by atoms with van der Waals surface area (Å²) in [6.07, 6.45) is 1.84. The van der Waals surface area contributed by atoms with Crippen LogP contribution in [0.2, 0.25) is 0 Å². The first-order valence-electron chi connectivity index (χ1n) is 15.7. The van der Waals surface area contributed by atoms with Gasteiger partial charge in [-0.3, -0.25) is 4.79 Å². The van der Waals surface area contributed by atoms with Gasteiger partial charge in [-0.15, -0.1) is 0 Å². The van der Waals surface area contributed by atoms with E-state index in [-0.39, 0.29) is 41.9 Å². The zero-order chi connectivity index (χ0) is 34.1. The third-order valence-electron chi connectivity index (χ3n) is 8.61. The van der Waals surface area contributed by atoms with Gasteiger partial charge in [0.25, 0.3) is 0 Å². The Balaban J connectivity index is 1.66. The van der Waals surface area contributed by atoms with Crippen LogP contribution >= 0.6 is 11.8 Å². The van der Waals surface area contributed by atoms with Crippen LogP contribution in [0.15, 0.2) is 53.4 Å². The molecule has 0 aromatic heterocycles. The summed E-state index contributed by atoms with van der Waals surface area (Å²) in [7, 11) is -3.92. The molecule has 46 heavy (non-hydrogen) atoms. The molecule has 1 heterocycles. The highest BCUT2D eigenvalue weighted by Gasteiger charge is 2.60. The Hall–Kier alpha value is -2.96. The molecule has 2 aliphatic rings. The summed E-state index contributed by atoms with van der Waals surface area (Å²) >= 11 is 1.46. The second kappa shape index (κ2) is 13.6. The van der Waals surface area contributed by atoms with Gasteiger partial charge in [0.05, 0.1) is 10.4 Å². The lowest BCUT2D eigenvalue weighted by Gasteiger charge is -2.37. The van der Waals surface area contributed by atoms with Crippen molar-refractivity contribution in [2.45, 2.75) is 94.6 Å². The van der Waals surface area contributed by atoms with Crippen molar-refractivity contribution in [2.75, 3.05) is 26.1 Å². The van der Waals surface area contributed by atoms with Crippen molar-refractivity contribution >= 4 is 33.8 Å². The number of sulfonamides is 1. The van der Waals surface area contributed by atoms with Crippen LogP contribution in [0.25, 0.3) is 0 Å². The average molecular weight is 676 g/mol. The van der Waals surface area contributed by atoms with E-state index in [0.29, 0.717) is 24.5 Å². The first kappa shape index (κ1) is 35.9. The van der Waals surface area contributed by atoms with Gasteiger partial charge in [-0.1, -0.05) is 51.1 Å². The third-order valence-corrected chi connectivity index (χ3v) is 11.7. The molecule has 2 aromatic rings. The number of carbonyl (C=O) groups is 2. The van der Waals surface area contributed by atoms with Crippen LogP contribution in [0.4, 0.5) is 4.79 Å². The van der Waals surface area contributed by atoms with E-state index in [1.807, 2.05) is 71.2 Å².